The molecule has 0 spiro atoms. The van der Waals surface area contributed by atoms with Gasteiger partial charge in [0.15, 0.2) is 0 Å². The molecule has 0 N–H and O–H groups in total. The standard InChI is InChI=1S/C17H20O4S/c1-11-14-8-7-12(9-15(14)21-16(11)18)10-19-17(22)20-13-5-3-2-4-6-13/h2-6,11-12,14-15H,7-10H2,1H3/t11?,12-,14-,15-/m1/s1. The van der Waals surface area contributed by atoms with Gasteiger partial charge >= 0.3 is 11.2 Å². The Balaban J connectivity index is 1.45. The van der Waals surface area contributed by atoms with Gasteiger partial charge in [-0.3, -0.25) is 4.79 Å². The van der Waals surface area contributed by atoms with Crippen molar-refractivity contribution in [1.82, 2.24) is 0 Å². The minimum absolute atomic E-state index is 0.0364. The van der Waals surface area contributed by atoms with Gasteiger partial charge < -0.3 is 14.2 Å². The molecule has 5 heteroatoms. The molecule has 1 aliphatic heterocycles. The van der Waals surface area contributed by atoms with Crippen LogP contribution in [0.3, 0.4) is 0 Å². The highest BCUT2D eigenvalue weighted by molar-refractivity contribution is 7.79. The van der Waals surface area contributed by atoms with E-state index < -0.39 is 0 Å². The summed E-state index contributed by atoms with van der Waals surface area (Å²) >= 11 is 5.11. The van der Waals surface area contributed by atoms with E-state index in [4.69, 9.17) is 26.4 Å². The van der Waals surface area contributed by atoms with Crippen LogP contribution in [0, 0.1) is 17.8 Å². The van der Waals surface area contributed by atoms with Crippen LogP contribution in [0.2, 0.25) is 0 Å². The maximum atomic E-state index is 11.6. The Kier molecular flexibility index (Phi) is 4.62. The Labute approximate surface area is 135 Å². The van der Waals surface area contributed by atoms with Crippen LogP contribution in [0.5, 0.6) is 5.75 Å². The topological polar surface area (TPSA) is 44.8 Å². The fraction of sp³-hybridized carbons (Fsp3) is 0.529. The maximum Gasteiger partial charge on any atom is 0.357 e. The van der Waals surface area contributed by atoms with Crippen LogP contribution in [-0.2, 0) is 14.3 Å². The third kappa shape index (κ3) is 3.40. The van der Waals surface area contributed by atoms with Gasteiger partial charge in [0.25, 0.3) is 0 Å². The van der Waals surface area contributed by atoms with E-state index >= 15 is 0 Å². The third-order valence-corrected chi connectivity index (χ3v) is 4.82. The molecule has 1 unspecified atom stereocenters. The normalized spacial score (nSPS) is 30.3. The van der Waals surface area contributed by atoms with E-state index in [9.17, 15) is 4.79 Å². The Morgan fingerprint density at radius 3 is 2.86 bits per heavy atom. The van der Waals surface area contributed by atoms with Crippen molar-refractivity contribution in [3.05, 3.63) is 30.3 Å². The average molecular weight is 320 g/mol. The lowest BCUT2D eigenvalue weighted by atomic mass is 9.76. The first-order valence-electron chi connectivity index (χ1n) is 7.73. The number of hydrogen-bond acceptors (Lipinski definition) is 5. The molecule has 118 valence electrons. The summed E-state index contributed by atoms with van der Waals surface area (Å²) in [4.78, 5) is 11.6. The highest BCUT2D eigenvalue weighted by Crippen LogP contribution is 2.40. The smallest absolute Gasteiger partial charge is 0.357 e. The highest BCUT2D eigenvalue weighted by atomic mass is 32.1. The number of carbonyl (C=O) groups is 1. The molecular weight excluding hydrogens is 300 g/mol. The second-order valence-electron chi connectivity index (χ2n) is 6.08. The van der Waals surface area contributed by atoms with Crippen molar-refractivity contribution in [2.24, 2.45) is 17.8 Å². The quantitative estimate of drug-likeness (QED) is 0.631. The Bertz CT molecular complexity index is 545. The molecule has 1 aliphatic carbocycles. The summed E-state index contributed by atoms with van der Waals surface area (Å²) in [6.45, 7) is 2.48. The maximum absolute atomic E-state index is 11.6. The van der Waals surface area contributed by atoms with Crippen LogP contribution in [-0.4, -0.2) is 23.9 Å². The first-order valence-corrected chi connectivity index (χ1v) is 8.14. The fourth-order valence-electron chi connectivity index (χ4n) is 3.33. The zero-order valence-electron chi connectivity index (χ0n) is 12.6. The average Bonchev–Trinajstić information content (AvgIpc) is 2.81. The molecule has 0 aromatic heterocycles. The van der Waals surface area contributed by atoms with Gasteiger partial charge in [-0.1, -0.05) is 25.1 Å². The first-order chi connectivity index (χ1) is 10.6. The summed E-state index contributed by atoms with van der Waals surface area (Å²) in [5.74, 6) is 1.39. The second-order valence-corrected chi connectivity index (χ2v) is 6.42. The van der Waals surface area contributed by atoms with Crippen LogP contribution >= 0.6 is 12.2 Å². The SMILES string of the molecule is CC1C(=O)O[C@@H]2C[C@H](COC(=S)Oc3ccccc3)CC[C@H]12. The van der Waals surface area contributed by atoms with Crippen molar-refractivity contribution in [1.29, 1.82) is 0 Å². The number of ether oxygens (including phenoxy) is 3. The van der Waals surface area contributed by atoms with E-state index in [1.807, 2.05) is 37.3 Å². The van der Waals surface area contributed by atoms with E-state index in [0.29, 0.717) is 24.2 Å². The molecule has 2 fully saturated rings. The molecule has 22 heavy (non-hydrogen) atoms. The van der Waals surface area contributed by atoms with Gasteiger partial charge in [-0.05, 0) is 37.3 Å². The summed E-state index contributed by atoms with van der Waals surface area (Å²) in [5, 5.41) is 0.144. The van der Waals surface area contributed by atoms with Crippen molar-refractivity contribution in [2.45, 2.75) is 32.3 Å². The predicted molar refractivity (Wildman–Crippen MR) is 85.5 cm³/mol. The third-order valence-electron chi connectivity index (χ3n) is 4.61. The summed E-state index contributed by atoms with van der Waals surface area (Å²) in [6.07, 6.45) is 2.95. The van der Waals surface area contributed by atoms with Crippen LogP contribution in [0.1, 0.15) is 26.2 Å². The van der Waals surface area contributed by atoms with E-state index in [0.717, 1.165) is 19.3 Å². The molecule has 0 amide bonds. The molecule has 3 rings (SSSR count). The fourth-order valence-corrected chi connectivity index (χ4v) is 3.49. The molecule has 1 saturated carbocycles. The summed E-state index contributed by atoms with van der Waals surface area (Å²) in [5.41, 5.74) is 0. The van der Waals surface area contributed by atoms with Crippen LogP contribution < -0.4 is 4.74 Å². The predicted octanol–water partition coefficient (Wildman–Crippen LogP) is 3.34. The van der Waals surface area contributed by atoms with Gasteiger partial charge in [0.1, 0.15) is 11.9 Å². The van der Waals surface area contributed by atoms with Crippen molar-refractivity contribution < 1.29 is 19.0 Å². The number of fused-ring (bicyclic) bond motifs is 1. The molecule has 1 aromatic rings. The summed E-state index contributed by atoms with van der Waals surface area (Å²) < 4.78 is 16.5. The lowest BCUT2D eigenvalue weighted by molar-refractivity contribution is -0.144. The minimum atomic E-state index is -0.0560. The van der Waals surface area contributed by atoms with Gasteiger partial charge in [-0.25, -0.2) is 0 Å². The molecule has 2 aliphatic rings. The number of esters is 1. The van der Waals surface area contributed by atoms with E-state index in [2.05, 4.69) is 0 Å². The van der Waals surface area contributed by atoms with Crippen LogP contribution in [0.25, 0.3) is 0 Å². The van der Waals surface area contributed by atoms with Gasteiger partial charge in [0.2, 0.25) is 0 Å². The van der Waals surface area contributed by atoms with Gasteiger partial charge in [0.05, 0.1) is 12.5 Å². The molecule has 0 bridgehead atoms. The molecule has 4 nitrogen and oxygen atoms in total. The second kappa shape index (κ2) is 6.65. The van der Waals surface area contributed by atoms with E-state index in [-0.39, 0.29) is 23.2 Å². The minimum Gasteiger partial charge on any atom is -0.462 e. The number of para-hydroxylation sites is 1. The molecule has 0 radical (unpaired) electrons. The van der Waals surface area contributed by atoms with E-state index in [1.54, 1.807) is 0 Å². The largest absolute Gasteiger partial charge is 0.462 e. The zero-order chi connectivity index (χ0) is 15.5. The Morgan fingerprint density at radius 2 is 2.09 bits per heavy atom. The zero-order valence-corrected chi connectivity index (χ0v) is 13.4. The highest BCUT2D eigenvalue weighted by Gasteiger charge is 2.45. The van der Waals surface area contributed by atoms with Crippen molar-refractivity contribution in [2.75, 3.05) is 6.61 Å². The van der Waals surface area contributed by atoms with Gasteiger partial charge in [-0.2, -0.15) is 0 Å². The Morgan fingerprint density at radius 1 is 1.32 bits per heavy atom. The van der Waals surface area contributed by atoms with E-state index in [1.165, 1.54) is 0 Å². The van der Waals surface area contributed by atoms with Crippen molar-refractivity contribution in [3.63, 3.8) is 0 Å². The van der Waals surface area contributed by atoms with Crippen LogP contribution in [0.15, 0.2) is 30.3 Å². The molecule has 1 aromatic carbocycles. The lowest BCUT2D eigenvalue weighted by Crippen LogP contribution is -2.31. The first kappa shape index (κ1) is 15.3. The monoisotopic (exact) mass is 320 g/mol. The van der Waals surface area contributed by atoms with Gasteiger partial charge in [-0.15, -0.1) is 0 Å². The summed E-state index contributed by atoms with van der Waals surface area (Å²) in [6, 6.07) is 9.35. The molecule has 4 atom stereocenters. The van der Waals surface area contributed by atoms with Crippen LogP contribution in [0.4, 0.5) is 0 Å². The van der Waals surface area contributed by atoms with Gasteiger partial charge in [0, 0.05) is 18.1 Å². The number of rotatable bonds is 3. The number of hydrogen-bond donors (Lipinski definition) is 0. The Hall–Kier alpha value is -1.62. The molecular formula is C17H20O4S. The molecule has 1 saturated heterocycles. The molecule has 1 heterocycles. The lowest BCUT2D eigenvalue weighted by Gasteiger charge is -2.30. The summed E-state index contributed by atoms with van der Waals surface area (Å²) in [7, 11) is 0. The van der Waals surface area contributed by atoms with Crippen molar-refractivity contribution >= 4 is 23.4 Å². The number of thiocarbonyl (C=S) groups is 1. The number of carbonyl (C=O) groups excluding carboxylic acids is 1. The van der Waals surface area contributed by atoms with Crippen molar-refractivity contribution in [3.8, 4) is 5.75 Å². The number of benzene rings is 1.